The Bertz CT molecular complexity index is 673. The van der Waals surface area contributed by atoms with Crippen molar-refractivity contribution >= 4 is 30.7 Å². The topological polar surface area (TPSA) is 75.6 Å². The largest absolute Gasteiger partial charge is 0.360 e. The van der Waals surface area contributed by atoms with Gasteiger partial charge in [-0.2, -0.15) is 0 Å². The first-order chi connectivity index (χ1) is 11.6. The number of hydrogen-bond donors (Lipinski definition) is 1. The minimum Gasteiger partial charge on any atom is -0.360 e. The maximum Gasteiger partial charge on any atom is 0.239 e. The van der Waals surface area contributed by atoms with Crippen LogP contribution in [0.2, 0.25) is 0 Å². The average molecular weight is 401 g/mol. The van der Waals surface area contributed by atoms with Gasteiger partial charge in [0, 0.05) is 32.2 Å². The molecule has 1 fully saturated rings. The van der Waals surface area contributed by atoms with Crippen LogP contribution in [0.1, 0.15) is 17.0 Å². The van der Waals surface area contributed by atoms with Crippen LogP contribution >= 0.6 is 24.8 Å². The molecule has 2 N–H and O–H groups in total. The molecule has 0 saturated carbocycles. The third-order valence-corrected chi connectivity index (χ3v) is 4.36. The number of rotatable bonds is 5. The third kappa shape index (κ3) is 5.99. The van der Waals surface area contributed by atoms with E-state index in [9.17, 15) is 4.79 Å². The number of piperazine rings is 1. The van der Waals surface area contributed by atoms with Crippen LogP contribution in [-0.2, 0) is 17.8 Å². The Kier molecular flexibility index (Phi) is 9.08. The predicted molar refractivity (Wildman–Crippen MR) is 106 cm³/mol. The Labute approximate surface area is 166 Å². The molecule has 1 amide bonds. The van der Waals surface area contributed by atoms with Crippen molar-refractivity contribution in [3.63, 3.8) is 0 Å². The summed E-state index contributed by atoms with van der Waals surface area (Å²) in [7, 11) is 0. The number of hydrogen-bond acceptors (Lipinski definition) is 5. The van der Waals surface area contributed by atoms with Gasteiger partial charge in [-0.25, -0.2) is 0 Å². The highest BCUT2D eigenvalue weighted by molar-refractivity contribution is 5.85. The van der Waals surface area contributed by atoms with E-state index in [0.29, 0.717) is 19.5 Å². The van der Waals surface area contributed by atoms with Crippen molar-refractivity contribution in [2.24, 2.45) is 5.73 Å². The van der Waals surface area contributed by atoms with E-state index in [1.807, 2.05) is 48.2 Å². The van der Waals surface area contributed by atoms with Gasteiger partial charge in [0.25, 0.3) is 0 Å². The highest BCUT2D eigenvalue weighted by Crippen LogP contribution is 2.11. The van der Waals surface area contributed by atoms with Gasteiger partial charge in [0.2, 0.25) is 5.91 Å². The zero-order chi connectivity index (χ0) is 16.9. The lowest BCUT2D eigenvalue weighted by molar-refractivity contribution is -0.134. The maximum absolute atomic E-state index is 12.5. The summed E-state index contributed by atoms with van der Waals surface area (Å²) >= 11 is 0. The van der Waals surface area contributed by atoms with Crippen molar-refractivity contribution < 1.29 is 9.32 Å². The molecule has 2 aromatic rings. The van der Waals surface area contributed by atoms with Gasteiger partial charge < -0.3 is 15.2 Å². The van der Waals surface area contributed by atoms with Gasteiger partial charge >= 0.3 is 0 Å². The summed E-state index contributed by atoms with van der Waals surface area (Å²) in [6.07, 6.45) is 0.581. The fraction of sp³-hybridized carbons (Fsp3) is 0.444. The Morgan fingerprint density at radius 3 is 2.42 bits per heavy atom. The van der Waals surface area contributed by atoms with Crippen molar-refractivity contribution in [3.8, 4) is 0 Å². The zero-order valence-corrected chi connectivity index (χ0v) is 16.5. The Morgan fingerprint density at radius 1 is 1.19 bits per heavy atom. The van der Waals surface area contributed by atoms with Crippen LogP contribution in [0.5, 0.6) is 0 Å². The summed E-state index contributed by atoms with van der Waals surface area (Å²) in [6.45, 7) is 5.70. The molecule has 0 spiro atoms. The number of amides is 1. The Balaban J connectivity index is 0.00000169. The number of carbonyl (C=O) groups excluding carboxylic acids is 1. The maximum atomic E-state index is 12.5. The average Bonchev–Trinajstić information content (AvgIpc) is 3.00. The number of nitrogens with zero attached hydrogens (tertiary/aromatic N) is 3. The monoisotopic (exact) mass is 400 g/mol. The molecule has 1 aromatic heterocycles. The molecule has 1 aliphatic rings. The van der Waals surface area contributed by atoms with E-state index in [-0.39, 0.29) is 30.7 Å². The fourth-order valence-electron chi connectivity index (χ4n) is 3.03. The first-order valence-corrected chi connectivity index (χ1v) is 8.34. The smallest absolute Gasteiger partial charge is 0.239 e. The van der Waals surface area contributed by atoms with E-state index in [1.54, 1.807) is 0 Å². The molecule has 6 nitrogen and oxygen atoms in total. The van der Waals surface area contributed by atoms with Gasteiger partial charge in [0.05, 0.1) is 18.3 Å². The van der Waals surface area contributed by atoms with E-state index in [1.165, 1.54) is 0 Å². The lowest BCUT2D eigenvalue weighted by Crippen LogP contribution is -2.53. The minimum absolute atomic E-state index is 0. The molecule has 0 aliphatic carbocycles. The summed E-state index contributed by atoms with van der Waals surface area (Å²) in [6, 6.07) is 11.4. The van der Waals surface area contributed by atoms with E-state index < -0.39 is 6.04 Å². The molecule has 1 saturated heterocycles. The second-order valence-electron chi connectivity index (χ2n) is 6.33. The van der Waals surface area contributed by atoms with Crippen molar-refractivity contribution in [2.45, 2.75) is 25.9 Å². The van der Waals surface area contributed by atoms with Crippen LogP contribution in [0.25, 0.3) is 0 Å². The lowest BCUT2D eigenvalue weighted by Gasteiger charge is -2.35. The van der Waals surface area contributed by atoms with Crippen LogP contribution in [0.15, 0.2) is 40.9 Å². The second kappa shape index (κ2) is 10.5. The summed E-state index contributed by atoms with van der Waals surface area (Å²) < 4.78 is 5.25. The van der Waals surface area contributed by atoms with Crippen LogP contribution in [0, 0.1) is 6.92 Å². The first kappa shape index (κ1) is 22.4. The van der Waals surface area contributed by atoms with Crippen LogP contribution in [0.4, 0.5) is 0 Å². The molecular formula is C18H26Cl2N4O2. The Morgan fingerprint density at radius 2 is 1.85 bits per heavy atom. The minimum atomic E-state index is -0.476. The fourth-order valence-corrected chi connectivity index (χ4v) is 3.03. The second-order valence-corrected chi connectivity index (χ2v) is 6.33. The number of aryl methyl sites for hydroxylation is 1. The lowest BCUT2D eigenvalue weighted by atomic mass is 10.1. The van der Waals surface area contributed by atoms with Crippen molar-refractivity contribution in [1.82, 2.24) is 15.0 Å². The van der Waals surface area contributed by atoms with Crippen LogP contribution in [0.3, 0.4) is 0 Å². The van der Waals surface area contributed by atoms with Crippen LogP contribution < -0.4 is 5.73 Å². The highest BCUT2D eigenvalue weighted by Gasteiger charge is 2.25. The van der Waals surface area contributed by atoms with Crippen LogP contribution in [-0.4, -0.2) is 53.1 Å². The highest BCUT2D eigenvalue weighted by atomic mass is 35.5. The summed E-state index contributed by atoms with van der Waals surface area (Å²) in [5, 5.41) is 3.91. The summed E-state index contributed by atoms with van der Waals surface area (Å²) in [5.74, 6) is 0.905. The number of aromatic nitrogens is 1. The van der Waals surface area contributed by atoms with Gasteiger partial charge in [-0.1, -0.05) is 35.5 Å². The van der Waals surface area contributed by atoms with Crippen molar-refractivity contribution in [2.75, 3.05) is 26.2 Å². The van der Waals surface area contributed by atoms with Gasteiger partial charge in [-0.05, 0) is 18.9 Å². The Hall–Kier alpha value is -1.60. The standard InChI is InChI=1S/C18H24N4O2.2ClH/c1-14-11-16(24-20-14)13-21-7-9-22(10-8-21)18(23)17(19)12-15-5-3-2-4-6-15;;/h2-6,11,17H,7-10,12-13,19H2,1H3;2*1H/t17-;;/m0../s1. The van der Waals surface area contributed by atoms with E-state index in [2.05, 4.69) is 10.1 Å². The number of benzene rings is 1. The molecule has 2 heterocycles. The van der Waals surface area contributed by atoms with Gasteiger partial charge in [-0.3, -0.25) is 9.69 Å². The molecule has 26 heavy (non-hydrogen) atoms. The van der Waals surface area contributed by atoms with Crippen molar-refractivity contribution in [1.29, 1.82) is 0 Å². The number of nitrogens with two attached hydrogens (primary N) is 1. The molecule has 1 aliphatic heterocycles. The molecule has 144 valence electrons. The normalized spacial score (nSPS) is 15.7. The molecule has 3 rings (SSSR count). The summed E-state index contributed by atoms with van der Waals surface area (Å²) in [5.41, 5.74) is 8.10. The predicted octanol–water partition coefficient (Wildman–Crippen LogP) is 2.04. The van der Waals surface area contributed by atoms with Gasteiger partial charge in [0.15, 0.2) is 5.76 Å². The number of halogens is 2. The van der Waals surface area contributed by atoms with Gasteiger partial charge in [-0.15, -0.1) is 24.8 Å². The molecular weight excluding hydrogens is 375 g/mol. The van der Waals surface area contributed by atoms with E-state index in [4.69, 9.17) is 10.3 Å². The van der Waals surface area contributed by atoms with E-state index in [0.717, 1.165) is 36.7 Å². The first-order valence-electron chi connectivity index (χ1n) is 8.34. The van der Waals surface area contributed by atoms with Gasteiger partial charge in [0.1, 0.15) is 0 Å². The van der Waals surface area contributed by atoms with Crippen molar-refractivity contribution in [3.05, 3.63) is 53.4 Å². The van der Waals surface area contributed by atoms with E-state index >= 15 is 0 Å². The molecule has 1 aromatic carbocycles. The zero-order valence-electron chi connectivity index (χ0n) is 14.8. The number of carbonyl (C=O) groups is 1. The quantitative estimate of drug-likeness (QED) is 0.830. The molecule has 8 heteroatoms. The molecule has 0 radical (unpaired) electrons. The molecule has 0 unspecified atom stereocenters. The summed E-state index contributed by atoms with van der Waals surface area (Å²) in [4.78, 5) is 16.7. The third-order valence-electron chi connectivity index (χ3n) is 4.36. The molecule has 0 bridgehead atoms. The molecule has 1 atom stereocenters. The SMILES string of the molecule is Cc1cc(CN2CCN(C(=O)[C@@H](N)Cc3ccccc3)CC2)on1.Cl.Cl.